The lowest BCUT2D eigenvalue weighted by Gasteiger charge is -2.19. The molecule has 0 aliphatic carbocycles. The second-order valence-electron chi connectivity index (χ2n) is 5.59. The van der Waals surface area contributed by atoms with Crippen LogP contribution in [0.3, 0.4) is 0 Å². The van der Waals surface area contributed by atoms with Crippen molar-refractivity contribution in [3.63, 3.8) is 0 Å². The van der Waals surface area contributed by atoms with Crippen LogP contribution in [0.15, 0.2) is 48.7 Å². The van der Waals surface area contributed by atoms with Crippen LogP contribution in [-0.2, 0) is 0 Å². The molecule has 0 radical (unpaired) electrons. The largest absolute Gasteiger partial charge is 0.359 e. The number of nitrogens with zero attached hydrogens (tertiary/aromatic N) is 1. The van der Waals surface area contributed by atoms with E-state index in [4.69, 9.17) is 11.6 Å². The van der Waals surface area contributed by atoms with Crippen LogP contribution in [0, 0.1) is 11.3 Å². The van der Waals surface area contributed by atoms with Crippen molar-refractivity contribution >= 4 is 22.5 Å². The zero-order chi connectivity index (χ0) is 16.2. The van der Waals surface area contributed by atoms with Gasteiger partial charge in [0.25, 0.3) is 0 Å². The molecule has 3 rings (SSSR count). The van der Waals surface area contributed by atoms with E-state index in [0.29, 0.717) is 10.6 Å². The molecule has 116 valence electrons. The molecule has 0 fully saturated rings. The molecular formula is C19H18ClN3. The zero-order valence-corrected chi connectivity index (χ0v) is 13.7. The molecule has 1 aromatic heterocycles. The number of benzene rings is 2. The predicted octanol–water partition coefficient (Wildman–Crippen LogP) is 4.43. The first-order valence-corrected chi connectivity index (χ1v) is 8.02. The third-order valence-corrected chi connectivity index (χ3v) is 4.47. The highest BCUT2D eigenvalue weighted by Gasteiger charge is 2.17. The molecule has 1 heterocycles. The van der Waals surface area contributed by atoms with Gasteiger partial charge in [0.1, 0.15) is 6.07 Å². The molecule has 3 aromatic rings. The van der Waals surface area contributed by atoms with Gasteiger partial charge in [-0.3, -0.25) is 0 Å². The lowest BCUT2D eigenvalue weighted by Crippen LogP contribution is -2.13. The molecule has 0 aliphatic heterocycles. The molecule has 0 spiro atoms. The predicted molar refractivity (Wildman–Crippen MR) is 94.9 cm³/mol. The molecule has 0 bridgehead atoms. The third kappa shape index (κ3) is 3.10. The summed E-state index contributed by atoms with van der Waals surface area (Å²) in [4.78, 5) is 3.09. The topological polar surface area (TPSA) is 51.6 Å². The SMILES string of the molecule is CNCCC(c1ccccc1)c1cc(Cl)c2[nH]cc(C#N)c2c1. The molecule has 2 aromatic carbocycles. The van der Waals surface area contributed by atoms with Crippen molar-refractivity contribution < 1.29 is 0 Å². The van der Waals surface area contributed by atoms with E-state index in [2.05, 4.69) is 46.7 Å². The number of H-pyrrole nitrogens is 1. The summed E-state index contributed by atoms with van der Waals surface area (Å²) < 4.78 is 0. The molecule has 23 heavy (non-hydrogen) atoms. The van der Waals surface area contributed by atoms with Crippen molar-refractivity contribution in [1.29, 1.82) is 5.26 Å². The maximum absolute atomic E-state index is 9.28. The first kappa shape index (κ1) is 15.6. The summed E-state index contributed by atoms with van der Waals surface area (Å²) in [6, 6.07) is 16.7. The van der Waals surface area contributed by atoms with Gasteiger partial charge in [-0.2, -0.15) is 5.26 Å². The summed E-state index contributed by atoms with van der Waals surface area (Å²) in [5.74, 6) is 0.243. The van der Waals surface area contributed by atoms with Crippen molar-refractivity contribution in [3.05, 3.63) is 70.4 Å². The third-order valence-electron chi connectivity index (χ3n) is 4.17. The molecule has 1 atom stereocenters. The normalized spacial score (nSPS) is 12.2. The van der Waals surface area contributed by atoms with Crippen LogP contribution in [0.2, 0.25) is 5.02 Å². The fraction of sp³-hybridized carbons (Fsp3) is 0.211. The number of aromatic nitrogens is 1. The minimum atomic E-state index is 0.243. The Morgan fingerprint density at radius 3 is 2.70 bits per heavy atom. The van der Waals surface area contributed by atoms with Gasteiger partial charge in [-0.15, -0.1) is 0 Å². The highest BCUT2D eigenvalue weighted by atomic mass is 35.5. The maximum Gasteiger partial charge on any atom is 0.101 e. The van der Waals surface area contributed by atoms with E-state index in [1.165, 1.54) is 5.56 Å². The lowest BCUT2D eigenvalue weighted by molar-refractivity contribution is 0.662. The number of hydrogen-bond acceptors (Lipinski definition) is 2. The quantitative estimate of drug-likeness (QED) is 0.729. The van der Waals surface area contributed by atoms with Crippen molar-refractivity contribution in [2.45, 2.75) is 12.3 Å². The Kier molecular flexibility index (Phi) is 4.66. The number of rotatable bonds is 5. The van der Waals surface area contributed by atoms with Gasteiger partial charge in [-0.05, 0) is 43.3 Å². The number of nitrogens with one attached hydrogen (secondary N) is 2. The van der Waals surface area contributed by atoms with E-state index < -0.39 is 0 Å². The van der Waals surface area contributed by atoms with Crippen LogP contribution in [0.1, 0.15) is 29.0 Å². The lowest BCUT2D eigenvalue weighted by atomic mass is 9.87. The van der Waals surface area contributed by atoms with E-state index in [0.717, 1.165) is 29.4 Å². The number of nitriles is 1. The average molecular weight is 324 g/mol. The Morgan fingerprint density at radius 2 is 2.00 bits per heavy atom. The maximum atomic E-state index is 9.28. The van der Waals surface area contributed by atoms with Crippen LogP contribution in [-0.4, -0.2) is 18.6 Å². The van der Waals surface area contributed by atoms with Gasteiger partial charge < -0.3 is 10.3 Å². The number of halogens is 1. The Balaban J connectivity index is 2.12. The number of fused-ring (bicyclic) bond motifs is 1. The van der Waals surface area contributed by atoms with Crippen molar-refractivity contribution in [2.75, 3.05) is 13.6 Å². The van der Waals surface area contributed by atoms with E-state index in [1.807, 2.05) is 19.2 Å². The van der Waals surface area contributed by atoms with Gasteiger partial charge in [-0.25, -0.2) is 0 Å². The first-order valence-electron chi connectivity index (χ1n) is 7.64. The van der Waals surface area contributed by atoms with Crippen molar-refractivity contribution in [2.24, 2.45) is 0 Å². The second kappa shape index (κ2) is 6.87. The molecule has 2 N–H and O–H groups in total. The highest BCUT2D eigenvalue weighted by molar-refractivity contribution is 6.35. The fourth-order valence-corrected chi connectivity index (χ4v) is 3.28. The van der Waals surface area contributed by atoms with Crippen LogP contribution in [0.25, 0.3) is 10.9 Å². The van der Waals surface area contributed by atoms with E-state index in [1.54, 1.807) is 6.20 Å². The summed E-state index contributed by atoms with van der Waals surface area (Å²) in [7, 11) is 1.96. The summed E-state index contributed by atoms with van der Waals surface area (Å²) in [5, 5.41) is 14.0. The van der Waals surface area contributed by atoms with Gasteiger partial charge in [-0.1, -0.05) is 41.9 Å². The second-order valence-corrected chi connectivity index (χ2v) is 6.00. The van der Waals surface area contributed by atoms with Gasteiger partial charge in [0, 0.05) is 17.5 Å². The fourth-order valence-electron chi connectivity index (χ4n) is 3.00. The Hall–Kier alpha value is -2.28. The molecular weight excluding hydrogens is 306 g/mol. The summed E-state index contributed by atoms with van der Waals surface area (Å²) in [5.41, 5.74) is 3.85. The van der Waals surface area contributed by atoms with Crippen LogP contribution in [0.5, 0.6) is 0 Å². The Morgan fingerprint density at radius 1 is 1.22 bits per heavy atom. The van der Waals surface area contributed by atoms with Gasteiger partial charge in [0.15, 0.2) is 0 Å². The van der Waals surface area contributed by atoms with Crippen LogP contribution < -0.4 is 5.32 Å². The minimum Gasteiger partial charge on any atom is -0.359 e. The van der Waals surface area contributed by atoms with Gasteiger partial charge in [0.05, 0.1) is 16.1 Å². The number of hydrogen-bond donors (Lipinski definition) is 2. The average Bonchev–Trinajstić information content (AvgIpc) is 3.00. The molecule has 0 aliphatic rings. The van der Waals surface area contributed by atoms with Crippen molar-refractivity contribution in [1.82, 2.24) is 10.3 Å². The Bertz CT molecular complexity index is 846. The van der Waals surface area contributed by atoms with E-state index in [9.17, 15) is 5.26 Å². The summed E-state index contributed by atoms with van der Waals surface area (Å²) in [6.45, 7) is 0.910. The first-order chi connectivity index (χ1) is 11.2. The molecule has 0 saturated heterocycles. The molecule has 3 nitrogen and oxygen atoms in total. The van der Waals surface area contributed by atoms with Crippen LogP contribution in [0.4, 0.5) is 0 Å². The zero-order valence-electron chi connectivity index (χ0n) is 12.9. The molecule has 1 unspecified atom stereocenters. The molecule has 4 heteroatoms. The molecule has 0 saturated carbocycles. The van der Waals surface area contributed by atoms with Crippen molar-refractivity contribution in [3.8, 4) is 6.07 Å². The van der Waals surface area contributed by atoms with Gasteiger partial charge in [0.2, 0.25) is 0 Å². The highest BCUT2D eigenvalue weighted by Crippen LogP contribution is 2.34. The standard InChI is InChI=1S/C19H18ClN3/c1-22-8-7-16(13-5-3-2-4-6-13)14-9-17-15(11-21)12-23-19(17)18(20)10-14/h2-6,9-10,12,16,22-23H,7-8H2,1H3. The smallest absolute Gasteiger partial charge is 0.101 e. The summed E-state index contributed by atoms with van der Waals surface area (Å²) >= 11 is 6.44. The number of aromatic amines is 1. The molecule has 0 amide bonds. The Labute approximate surface area is 140 Å². The monoisotopic (exact) mass is 323 g/mol. The summed E-state index contributed by atoms with van der Waals surface area (Å²) in [6.07, 6.45) is 2.68. The van der Waals surface area contributed by atoms with E-state index in [-0.39, 0.29) is 5.92 Å². The van der Waals surface area contributed by atoms with Crippen LogP contribution >= 0.6 is 11.6 Å². The van der Waals surface area contributed by atoms with E-state index >= 15 is 0 Å². The minimum absolute atomic E-state index is 0.243. The van der Waals surface area contributed by atoms with Gasteiger partial charge >= 0.3 is 0 Å².